The number of thiazole rings is 1. The summed E-state index contributed by atoms with van der Waals surface area (Å²) in [5, 5.41) is 4.51. The van der Waals surface area contributed by atoms with Crippen molar-refractivity contribution in [3.8, 4) is 11.5 Å². The maximum absolute atomic E-state index is 5.58. The second-order valence-electron chi connectivity index (χ2n) is 4.33. The zero-order valence-electron chi connectivity index (χ0n) is 12.1. The number of nitrogens with one attached hydrogen (secondary N) is 1. The van der Waals surface area contributed by atoms with Crippen LogP contribution in [-0.4, -0.2) is 18.7 Å². The third-order valence-electron chi connectivity index (χ3n) is 2.85. The van der Waals surface area contributed by atoms with Crippen molar-refractivity contribution >= 4 is 11.3 Å². The molecular formula is C15H20N2O2S. The predicted molar refractivity (Wildman–Crippen MR) is 81.6 cm³/mol. The van der Waals surface area contributed by atoms with E-state index in [0.29, 0.717) is 6.61 Å². The van der Waals surface area contributed by atoms with Crippen molar-refractivity contribution < 1.29 is 9.47 Å². The van der Waals surface area contributed by atoms with Gasteiger partial charge in [0, 0.05) is 29.7 Å². The number of hydrogen-bond donors (Lipinski definition) is 1. The third-order valence-corrected chi connectivity index (χ3v) is 3.76. The number of nitrogens with zero attached hydrogens (tertiary/aromatic N) is 1. The molecule has 0 aliphatic heterocycles. The monoisotopic (exact) mass is 292 g/mol. The molecular weight excluding hydrogens is 272 g/mol. The van der Waals surface area contributed by atoms with Gasteiger partial charge < -0.3 is 14.8 Å². The quantitative estimate of drug-likeness (QED) is 0.851. The largest absolute Gasteiger partial charge is 0.493 e. The lowest BCUT2D eigenvalue weighted by Crippen LogP contribution is -2.13. The van der Waals surface area contributed by atoms with Gasteiger partial charge in [-0.1, -0.05) is 12.1 Å². The molecule has 0 unspecified atom stereocenters. The highest BCUT2D eigenvalue weighted by molar-refractivity contribution is 7.11. The SMILES string of the molecule is CCOc1cccc(CNCc2cnc(C)s2)c1OC. The molecule has 1 aromatic carbocycles. The van der Waals surface area contributed by atoms with E-state index in [-0.39, 0.29) is 0 Å². The van der Waals surface area contributed by atoms with E-state index in [1.54, 1.807) is 18.4 Å². The Labute approximate surface area is 123 Å². The van der Waals surface area contributed by atoms with Crippen molar-refractivity contribution in [2.75, 3.05) is 13.7 Å². The van der Waals surface area contributed by atoms with Gasteiger partial charge in [0.1, 0.15) is 0 Å². The maximum atomic E-state index is 5.58. The smallest absolute Gasteiger partial charge is 0.165 e. The van der Waals surface area contributed by atoms with Crippen LogP contribution in [-0.2, 0) is 13.1 Å². The van der Waals surface area contributed by atoms with Crippen LogP contribution in [0, 0.1) is 6.92 Å². The molecule has 0 radical (unpaired) electrons. The fraction of sp³-hybridized carbons (Fsp3) is 0.400. The van der Waals surface area contributed by atoms with Crippen LogP contribution in [0.25, 0.3) is 0 Å². The average Bonchev–Trinajstić information content (AvgIpc) is 2.85. The lowest BCUT2D eigenvalue weighted by atomic mass is 10.2. The Hall–Kier alpha value is -1.59. The molecule has 1 N–H and O–H groups in total. The number of rotatable bonds is 7. The summed E-state index contributed by atoms with van der Waals surface area (Å²) in [5.41, 5.74) is 1.10. The molecule has 0 atom stereocenters. The standard InChI is InChI=1S/C15H20N2O2S/c1-4-19-14-7-5-6-12(15(14)18-3)8-16-9-13-10-17-11(2)20-13/h5-7,10,16H,4,8-9H2,1-3H3. The summed E-state index contributed by atoms with van der Waals surface area (Å²) in [7, 11) is 1.67. The molecule has 0 aliphatic rings. The van der Waals surface area contributed by atoms with Crippen LogP contribution < -0.4 is 14.8 Å². The summed E-state index contributed by atoms with van der Waals surface area (Å²) in [6.07, 6.45) is 1.92. The van der Waals surface area contributed by atoms with Gasteiger partial charge in [-0.05, 0) is 19.9 Å². The molecule has 2 aromatic rings. The van der Waals surface area contributed by atoms with E-state index in [1.807, 2.05) is 38.2 Å². The van der Waals surface area contributed by atoms with Crippen LogP contribution in [0.2, 0.25) is 0 Å². The number of aryl methyl sites for hydroxylation is 1. The highest BCUT2D eigenvalue weighted by atomic mass is 32.1. The van der Waals surface area contributed by atoms with E-state index in [2.05, 4.69) is 10.3 Å². The van der Waals surface area contributed by atoms with Crippen LogP contribution in [0.3, 0.4) is 0 Å². The van der Waals surface area contributed by atoms with E-state index in [4.69, 9.17) is 9.47 Å². The van der Waals surface area contributed by atoms with Crippen LogP contribution in [0.4, 0.5) is 0 Å². The maximum Gasteiger partial charge on any atom is 0.165 e. The lowest BCUT2D eigenvalue weighted by Gasteiger charge is -2.13. The number of benzene rings is 1. The Morgan fingerprint density at radius 2 is 2.15 bits per heavy atom. The fourth-order valence-electron chi connectivity index (χ4n) is 2.01. The molecule has 0 saturated heterocycles. The molecule has 0 amide bonds. The third kappa shape index (κ3) is 3.71. The molecule has 5 heteroatoms. The zero-order chi connectivity index (χ0) is 14.4. The molecule has 0 bridgehead atoms. The first-order valence-electron chi connectivity index (χ1n) is 6.65. The zero-order valence-corrected chi connectivity index (χ0v) is 12.9. The molecule has 0 aliphatic carbocycles. The Kier molecular flexibility index (Phi) is 5.38. The molecule has 1 heterocycles. The Morgan fingerprint density at radius 3 is 2.80 bits per heavy atom. The summed E-state index contributed by atoms with van der Waals surface area (Å²) >= 11 is 1.71. The normalized spacial score (nSPS) is 10.6. The molecule has 0 fully saturated rings. The van der Waals surface area contributed by atoms with Gasteiger partial charge >= 0.3 is 0 Å². The van der Waals surface area contributed by atoms with Crippen LogP contribution in [0.15, 0.2) is 24.4 Å². The Bertz CT molecular complexity index is 555. The van der Waals surface area contributed by atoms with E-state index in [1.165, 1.54) is 4.88 Å². The van der Waals surface area contributed by atoms with Crippen molar-refractivity contribution in [1.29, 1.82) is 0 Å². The summed E-state index contributed by atoms with van der Waals surface area (Å²) in [4.78, 5) is 5.49. The molecule has 4 nitrogen and oxygen atoms in total. The van der Waals surface area contributed by atoms with E-state index < -0.39 is 0 Å². The molecule has 0 saturated carbocycles. The average molecular weight is 292 g/mol. The number of ether oxygens (including phenoxy) is 2. The highest BCUT2D eigenvalue weighted by Gasteiger charge is 2.09. The van der Waals surface area contributed by atoms with Crippen molar-refractivity contribution in [3.05, 3.63) is 39.8 Å². The van der Waals surface area contributed by atoms with Crippen LogP contribution >= 0.6 is 11.3 Å². The predicted octanol–water partition coefficient (Wildman–Crippen LogP) is 3.15. The van der Waals surface area contributed by atoms with Gasteiger partial charge in [-0.2, -0.15) is 0 Å². The second kappa shape index (κ2) is 7.26. The van der Waals surface area contributed by atoms with Crippen molar-refractivity contribution in [3.63, 3.8) is 0 Å². The number of para-hydroxylation sites is 1. The number of hydrogen-bond acceptors (Lipinski definition) is 5. The molecule has 108 valence electrons. The van der Waals surface area contributed by atoms with Gasteiger partial charge in [0.2, 0.25) is 0 Å². The minimum Gasteiger partial charge on any atom is -0.493 e. The summed E-state index contributed by atoms with van der Waals surface area (Å²) in [6.45, 7) is 6.17. The molecule has 1 aromatic heterocycles. The van der Waals surface area contributed by atoms with E-state index >= 15 is 0 Å². The van der Waals surface area contributed by atoms with E-state index in [9.17, 15) is 0 Å². The minimum atomic E-state index is 0.632. The molecule has 0 spiro atoms. The van der Waals surface area contributed by atoms with Crippen LogP contribution in [0.1, 0.15) is 22.4 Å². The van der Waals surface area contributed by atoms with Gasteiger partial charge in [-0.3, -0.25) is 0 Å². The topological polar surface area (TPSA) is 43.4 Å². The first-order chi connectivity index (χ1) is 9.74. The minimum absolute atomic E-state index is 0.632. The van der Waals surface area contributed by atoms with Gasteiger partial charge in [-0.15, -0.1) is 11.3 Å². The first-order valence-corrected chi connectivity index (χ1v) is 7.47. The van der Waals surface area contributed by atoms with Crippen molar-refractivity contribution in [2.24, 2.45) is 0 Å². The molecule has 20 heavy (non-hydrogen) atoms. The van der Waals surface area contributed by atoms with Gasteiger partial charge in [0.15, 0.2) is 11.5 Å². The summed E-state index contributed by atoms with van der Waals surface area (Å²) in [5.74, 6) is 1.60. The Morgan fingerprint density at radius 1 is 1.30 bits per heavy atom. The highest BCUT2D eigenvalue weighted by Crippen LogP contribution is 2.31. The number of aromatic nitrogens is 1. The second-order valence-corrected chi connectivity index (χ2v) is 5.65. The van der Waals surface area contributed by atoms with Gasteiger partial charge in [-0.25, -0.2) is 4.98 Å². The Balaban J connectivity index is 1.99. The lowest BCUT2D eigenvalue weighted by molar-refractivity contribution is 0.308. The fourth-order valence-corrected chi connectivity index (χ4v) is 2.77. The van der Waals surface area contributed by atoms with Crippen molar-refractivity contribution in [1.82, 2.24) is 10.3 Å². The molecule has 2 rings (SSSR count). The van der Waals surface area contributed by atoms with Crippen molar-refractivity contribution in [2.45, 2.75) is 26.9 Å². The summed E-state index contributed by atoms with van der Waals surface area (Å²) < 4.78 is 11.0. The van der Waals surface area contributed by atoms with Gasteiger partial charge in [0.25, 0.3) is 0 Å². The first kappa shape index (κ1) is 14.8. The van der Waals surface area contributed by atoms with Crippen LogP contribution in [0.5, 0.6) is 11.5 Å². The summed E-state index contributed by atoms with van der Waals surface area (Å²) in [6, 6.07) is 5.96. The van der Waals surface area contributed by atoms with E-state index in [0.717, 1.165) is 35.2 Å². The van der Waals surface area contributed by atoms with Gasteiger partial charge in [0.05, 0.1) is 18.7 Å². The number of methoxy groups -OCH3 is 1.